The van der Waals surface area contributed by atoms with Gasteiger partial charge >= 0.3 is 0 Å². The Hall–Kier alpha value is -1.64. The molecule has 0 saturated carbocycles. The Bertz CT molecular complexity index is 567. The van der Waals surface area contributed by atoms with Crippen LogP contribution < -0.4 is 0 Å². The predicted molar refractivity (Wildman–Crippen MR) is 74.7 cm³/mol. The third-order valence-corrected chi connectivity index (χ3v) is 4.54. The van der Waals surface area contributed by atoms with Gasteiger partial charge in [0, 0.05) is 41.8 Å². The highest BCUT2D eigenvalue weighted by Crippen LogP contribution is 2.24. The van der Waals surface area contributed by atoms with E-state index in [4.69, 9.17) is 5.26 Å². The molecule has 0 N–H and O–H groups in total. The molecule has 19 heavy (non-hydrogen) atoms. The van der Waals surface area contributed by atoms with Crippen LogP contribution in [0.2, 0.25) is 0 Å². The van der Waals surface area contributed by atoms with E-state index in [1.54, 1.807) is 11.3 Å². The molecule has 0 spiro atoms. The van der Waals surface area contributed by atoms with Gasteiger partial charge in [-0.2, -0.15) is 5.26 Å². The van der Waals surface area contributed by atoms with Crippen LogP contribution in [-0.2, 0) is 13.1 Å². The Kier molecular flexibility index (Phi) is 3.62. The van der Waals surface area contributed by atoms with Gasteiger partial charge in [-0.25, -0.2) is 4.98 Å². The highest BCUT2D eigenvalue weighted by molar-refractivity contribution is 7.10. The number of hydrogen-bond acceptors (Lipinski definition) is 4. The molecule has 0 aliphatic carbocycles. The van der Waals surface area contributed by atoms with Crippen LogP contribution in [0.1, 0.15) is 23.3 Å². The van der Waals surface area contributed by atoms with E-state index in [9.17, 15) is 0 Å². The lowest BCUT2D eigenvalue weighted by molar-refractivity contribution is 0.226. The largest absolute Gasteiger partial charge is 0.336 e. The van der Waals surface area contributed by atoms with Crippen molar-refractivity contribution in [3.05, 3.63) is 40.6 Å². The van der Waals surface area contributed by atoms with E-state index in [-0.39, 0.29) is 0 Å². The summed E-state index contributed by atoms with van der Waals surface area (Å²) in [7, 11) is 0. The second-order valence-electron chi connectivity index (χ2n) is 4.94. The van der Waals surface area contributed by atoms with Crippen LogP contribution in [0.15, 0.2) is 30.2 Å². The molecule has 0 amide bonds. The molecule has 0 bridgehead atoms. The molecule has 3 rings (SSSR count). The van der Waals surface area contributed by atoms with Crippen molar-refractivity contribution in [1.82, 2.24) is 14.5 Å². The molecule has 1 aliphatic rings. The second-order valence-corrected chi connectivity index (χ2v) is 5.94. The molecule has 5 heteroatoms. The zero-order chi connectivity index (χ0) is 13.1. The van der Waals surface area contributed by atoms with Crippen molar-refractivity contribution in [2.75, 3.05) is 6.54 Å². The fourth-order valence-electron chi connectivity index (χ4n) is 2.67. The third kappa shape index (κ3) is 2.86. The molecule has 1 fully saturated rings. The molecular weight excluding hydrogens is 256 g/mol. The van der Waals surface area contributed by atoms with E-state index in [1.165, 1.54) is 17.7 Å². The number of hydrogen-bond donors (Lipinski definition) is 0. The molecule has 0 aromatic carbocycles. The fourth-order valence-corrected chi connectivity index (χ4v) is 3.50. The quantitative estimate of drug-likeness (QED) is 0.859. The van der Waals surface area contributed by atoms with E-state index in [2.05, 4.69) is 20.5 Å². The van der Waals surface area contributed by atoms with E-state index in [0.29, 0.717) is 6.04 Å². The molecule has 0 unspecified atom stereocenters. The van der Waals surface area contributed by atoms with E-state index in [0.717, 1.165) is 25.2 Å². The topological polar surface area (TPSA) is 44.9 Å². The average Bonchev–Trinajstić information content (AvgIpc) is 3.14. The molecule has 2 aromatic heterocycles. The minimum Gasteiger partial charge on any atom is -0.336 e. The minimum absolute atomic E-state index is 0.585. The summed E-state index contributed by atoms with van der Waals surface area (Å²) in [6.45, 7) is 3.13. The number of aromatic nitrogens is 2. The molecule has 1 atom stereocenters. The van der Waals surface area contributed by atoms with Crippen molar-refractivity contribution in [1.29, 1.82) is 5.26 Å². The second kappa shape index (κ2) is 5.55. The molecule has 2 aromatic rings. The van der Waals surface area contributed by atoms with Gasteiger partial charge in [0.05, 0.1) is 11.9 Å². The number of imidazole rings is 1. The lowest BCUT2D eigenvalue weighted by atomic mass is 10.2. The van der Waals surface area contributed by atoms with Crippen molar-refractivity contribution in [3.63, 3.8) is 0 Å². The molecule has 1 aliphatic heterocycles. The molecule has 4 nitrogen and oxygen atoms in total. The van der Waals surface area contributed by atoms with Crippen LogP contribution in [0, 0.1) is 11.3 Å². The maximum absolute atomic E-state index is 8.87. The first-order valence-electron chi connectivity index (χ1n) is 6.52. The fraction of sp³-hybridized carbons (Fsp3) is 0.429. The van der Waals surface area contributed by atoms with Gasteiger partial charge in [0.25, 0.3) is 0 Å². The van der Waals surface area contributed by atoms with Gasteiger partial charge < -0.3 is 4.57 Å². The highest BCUT2D eigenvalue weighted by atomic mass is 32.1. The van der Waals surface area contributed by atoms with Crippen molar-refractivity contribution in [2.24, 2.45) is 0 Å². The van der Waals surface area contributed by atoms with E-state index < -0.39 is 0 Å². The zero-order valence-corrected chi connectivity index (χ0v) is 11.5. The Morgan fingerprint density at radius 2 is 2.47 bits per heavy atom. The third-order valence-electron chi connectivity index (χ3n) is 3.62. The number of thiophene rings is 1. The predicted octanol–water partition coefficient (Wildman–Crippen LogP) is 2.48. The standard InChI is InChI=1S/C14H16N4S/c15-7-12-6-14(19-10-12)9-18-4-1-2-13(18)8-17-5-3-16-11-17/h3,5-6,10-11,13H,1-2,4,8-9H2/t13-/m1/s1. The highest BCUT2D eigenvalue weighted by Gasteiger charge is 2.25. The SMILES string of the molecule is N#Cc1csc(CN2CCC[C@@H]2Cn2ccnc2)c1. The lowest BCUT2D eigenvalue weighted by Crippen LogP contribution is -2.31. The summed E-state index contributed by atoms with van der Waals surface area (Å²) in [5.41, 5.74) is 0.783. The van der Waals surface area contributed by atoms with Gasteiger partial charge in [0.15, 0.2) is 0 Å². The van der Waals surface area contributed by atoms with Gasteiger partial charge in [-0.1, -0.05) is 0 Å². The van der Waals surface area contributed by atoms with E-state index >= 15 is 0 Å². The maximum atomic E-state index is 8.87. The van der Waals surface area contributed by atoms with Crippen molar-refractivity contribution in [3.8, 4) is 6.07 Å². The first-order chi connectivity index (χ1) is 9.35. The molecule has 3 heterocycles. The van der Waals surface area contributed by atoms with Crippen molar-refractivity contribution < 1.29 is 0 Å². The monoisotopic (exact) mass is 272 g/mol. The Morgan fingerprint density at radius 3 is 3.21 bits per heavy atom. The summed E-state index contributed by atoms with van der Waals surface area (Å²) in [6, 6.07) is 4.80. The first kappa shape index (κ1) is 12.4. The Labute approximate surface area is 116 Å². The lowest BCUT2D eigenvalue weighted by Gasteiger charge is -2.24. The molecule has 1 saturated heterocycles. The van der Waals surface area contributed by atoms with Gasteiger partial charge in [-0.15, -0.1) is 11.3 Å². The van der Waals surface area contributed by atoms with Crippen molar-refractivity contribution >= 4 is 11.3 Å². The van der Waals surface area contributed by atoms with Crippen LogP contribution in [-0.4, -0.2) is 27.0 Å². The smallest absolute Gasteiger partial charge is 0.100 e. The van der Waals surface area contributed by atoms with Gasteiger partial charge in [0.2, 0.25) is 0 Å². The summed E-state index contributed by atoms with van der Waals surface area (Å²) in [6.07, 6.45) is 8.24. The van der Waals surface area contributed by atoms with Crippen molar-refractivity contribution in [2.45, 2.75) is 32.0 Å². The number of nitrogens with zero attached hydrogens (tertiary/aromatic N) is 4. The molecular formula is C14H16N4S. The van der Waals surface area contributed by atoms with Crippen LogP contribution in [0.5, 0.6) is 0 Å². The number of likely N-dealkylation sites (tertiary alicyclic amines) is 1. The molecule has 0 radical (unpaired) electrons. The number of nitriles is 1. The van der Waals surface area contributed by atoms with Crippen LogP contribution in [0.4, 0.5) is 0 Å². The summed E-state index contributed by atoms with van der Waals surface area (Å²) in [5, 5.41) is 10.8. The van der Waals surface area contributed by atoms with Gasteiger partial charge in [-0.3, -0.25) is 4.90 Å². The Morgan fingerprint density at radius 1 is 1.53 bits per heavy atom. The molecule has 98 valence electrons. The summed E-state index contributed by atoms with van der Waals surface area (Å²) < 4.78 is 2.15. The first-order valence-corrected chi connectivity index (χ1v) is 7.40. The van der Waals surface area contributed by atoms with Crippen LogP contribution in [0.3, 0.4) is 0 Å². The zero-order valence-electron chi connectivity index (χ0n) is 10.7. The summed E-state index contributed by atoms with van der Waals surface area (Å²) >= 11 is 1.69. The average molecular weight is 272 g/mol. The summed E-state index contributed by atoms with van der Waals surface area (Å²) in [4.78, 5) is 7.91. The van der Waals surface area contributed by atoms with E-state index in [1.807, 2.05) is 30.2 Å². The summed E-state index contributed by atoms with van der Waals surface area (Å²) in [5.74, 6) is 0. The Balaban J connectivity index is 1.64. The number of rotatable bonds is 4. The van der Waals surface area contributed by atoms with Crippen LogP contribution >= 0.6 is 11.3 Å². The maximum Gasteiger partial charge on any atom is 0.100 e. The normalized spacial score (nSPS) is 19.6. The van der Waals surface area contributed by atoms with Gasteiger partial charge in [0.1, 0.15) is 6.07 Å². The van der Waals surface area contributed by atoms with Gasteiger partial charge in [-0.05, 0) is 25.5 Å². The minimum atomic E-state index is 0.585. The van der Waals surface area contributed by atoms with Crippen LogP contribution in [0.25, 0.3) is 0 Å².